The first-order valence-electron chi connectivity index (χ1n) is 8.55. The molecule has 1 saturated carbocycles. The summed E-state index contributed by atoms with van der Waals surface area (Å²) in [6, 6.07) is 6.67. The zero-order valence-corrected chi connectivity index (χ0v) is 14.1. The molecule has 1 saturated heterocycles. The molecule has 2 fully saturated rings. The molecule has 2 amide bonds. The number of carbonyl (C=O) groups is 3. The molecule has 0 radical (unpaired) electrons. The standard InChI is InChI=1S/C19H18N2O5/c1-10(19(24)25)26-14-4-2-3-11(7-14)9-20-21-17(22)15-12-5-6-13(8-12)16(15)18(21)23/h2-7,9-10,12-13,15-16H,8H2,1H3,(H,24,25)/t10-,12+,13+,15-,16+/m1/s1. The minimum absolute atomic E-state index is 0.149. The van der Waals surface area contributed by atoms with Crippen molar-refractivity contribution in [3.05, 3.63) is 42.0 Å². The van der Waals surface area contributed by atoms with Gasteiger partial charge in [0.15, 0.2) is 6.10 Å². The van der Waals surface area contributed by atoms with Gasteiger partial charge >= 0.3 is 5.97 Å². The van der Waals surface area contributed by atoms with Crippen LogP contribution in [0.15, 0.2) is 41.5 Å². The Hall–Kier alpha value is -2.96. The molecule has 7 nitrogen and oxygen atoms in total. The summed E-state index contributed by atoms with van der Waals surface area (Å²) in [7, 11) is 0. The van der Waals surface area contributed by atoms with E-state index in [-0.39, 0.29) is 35.5 Å². The van der Waals surface area contributed by atoms with Gasteiger partial charge < -0.3 is 9.84 Å². The number of hydrogen-bond donors (Lipinski definition) is 1. The first-order valence-corrected chi connectivity index (χ1v) is 8.55. The van der Waals surface area contributed by atoms with Crippen molar-refractivity contribution in [1.29, 1.82) is 0 Å². The van der Waals surface area contributed by atoms with E-state index in [1.54, 1.807) is 24.3 Å². The number of hydrazone groups is 1. The van der Waals surface area contributed by atoms with Gasteiger partial charge in [0.05, 0.1) is 18.1 Å². The maximum absolute atomic E-state index is 12.6. The van der Waals surface area contributed by atoms with E-state index in [0.717, 1.165) is 11.4 Å². The molecule has 134 valence electrons. The molecule has 7 heteroatoms. The SMILES string of the molecule is C[C@@H](Oc1cccc(C=NN2C(=O)[C@@H]3[C@H](C2=O)[C@H]2C=C[C@H]3C2)c1)C(=O)O. The van der Waals surface area contributed by atoms with Gasteiger partial charge in [-0.1, -0.05) is 24.3 Å². The highest BCUT2D eigenvalue weighted by Crippen LogP contribution is 2.52. The molecule has 1 aromatic carbocycles. The van der Waals surface area contributed by atoms with E-state index in [1.165, 1.54) is 13.1 Å². The summed E-state index contributed by atoms with van der Waals surface area (Å²) in [5.74, 6) is -1.41. The predicted octanol–water partition coefficient (Wildman–Crippen LogP) is 1.68. The molecule has 3 aliphatic rings. The fourth-order valence-corrected chi connectivity index (χ4v) is 4.05. The molecule has 1 heterocycles. The number of imide groups is 1. The van der Waals surface area contributed by atoms with E-state index in [4.69, 9.17) is 9.84 Å². The fourth-order valence-electron chi connectivity index (χ4n) is 4.05. The summed E-state index contributed by atoms with van der Waals surface area (Å²) in [6.07, 6.45) is 5.39. The molecule has 26 heavy (non-hydrogen) atoms. The van der Waals surface area contributed by atoms with Gasteiger partial charge in [0.2, 0.25) is 0 Å². The van der Waals surface area contributed by atoms with Crippen molar-refractivity contribution >= 4 is 24.0 Å². The van der Waals surface area contributed by atoms with Crippen LogP contribution in [0.25, 0.3) is 0 Å². The van der Waals surface area contributed by atoms with E-state index in [0.29, 0.717) is 11.3 Å². The molecule has 5 atom stereocenters. The van der Waals surface area contributed by atoms with Crippen LogP contribution in [0.1, 0.15) is 18.9 Å². The zero-order chi connectivity index (χ0) is 18.4. The Bertz CT molecular complexity index is 816. The second-order valence-corrected chi connectivity index (χ2v) is 6.90. The number of ether oxygens (including phenoxy) is 1. The summed E-state index contributed by atoms with van der Waals surface area (Å²) in [5.41, 5.74) is 0.610. The molecule has 0 aromatic heterocycles. The van der Waals surface area contributed by atoms with Gasteiger partial charge in [-0.2, -0.15) is 10.1 Å². The number of allylic oxidation sites excluding steroid dienone is 2. The number of carboxylic acids is 1. The number of amides is 2. The van der Waals surface area contributed by atoms with Crippen molar-refractivity contribution in [2.24, 2.45) is 28.8 Å². The summed E-state index contributed by atoms with van der Waals surface area (Å²) in [6.45, 7) is 1.44. The van der Waals surface area contributed by atoms with E-state index in [2.05, 4.69) is 5.10 Å². The van der Waals surface area contributed by atoms with Gasteiger partial charge in [-0.3, -0.25) is 9.59 Å². The lowest BCUT2D eigenvalue weighted by molar-refractivity contribution is -0.144. The molecule has 0 spiro atoms. The summed E-state index contributed by atoms with van der Waals surface area (Å²) in [4.78, 5) is 36.0. The first kappa shape index (κ1) is 16.5. The lowest BCUT2D eigenvalue weighted by Gasteiger charge is -2.13. The molecule has 4 rings (SSSR count). The van der Waals surface area contributed by atoms with E-state index in [9.17, 15) is 14.4 Å². The van der Waals surface area contributed by atoms with Crippen molar-refractivity contribution in [2.75, 3.05) is 0 Å². The Labute approximate surface area is 149 Å². The molecular weight excluding hydrogens is 336 g/mol. The van der Waals surface area contributed by atoms with Gasteiger partial charge in [-0.05, 0) is 42.9 Å². The Kier molecular flexibility index (Phi) is 3.86. The number of benzene rings is 1. The van der Waals surface area contributed by atoms with E-state index in [1.807, 2.05) is 12.2 Å². The third kappa shape index (κ3) is 2.60. The highest BCUT2D eigenvalue weighted by molar-refractivity contribution is 6.06. The Morgan fingerprint density at radius 3 is 2.54 bits per heavy atom. The topological polar surface area (TPSA) is 96.3 Å². The van der Waals surface area contributed by atoms with Gasteiger partial charge in [0, 0.05) is 0 Å². The molecule has 0 unspecified atom stereocenters. The van der Waals surface area contributed by atoms with E-state index >= 15 is 0 Å². The number of rotatable bonds is 5. The first-order chi connectivity index (χ1) is 12.5. The lowest BCUT2D eigenvalue weighted by Crippen LogP contribution is -2.28. The van der Waals surface area contributed by atoms with Crippen LogP contribution in [0.3, 0.4) is 0 Å². The normalized spacial score (nSPS) is 30.3. The van der Waals surface area contributed by atoms with Crippen molar-refractivity contribution < 1.29 is 24.2 Å². The molecule has 1 aromatic rings. The number of aliphatic carboxylic acids is 1. The number of fused-ring (bicyclic) bond motifs is 5. The average Bonchev–Trinajstić information content (AvgIpc) is 3.28. The van der Waals surface area contributed by atoms with Crippen molar-refractivity contribution in [3.8, 4) is 5.75 Å². The fraction of sp³-hybridized carbons (Fsp3) is 0.368. The van der Waals surface area contributed by atoms with Gasteiger partial charge in [0.25, 0.3) is 11.8 Å². The number of hydrogen-bond acceptors (Lipinski definition) is 5. The average molecular weight is 354 g/mol. The summed E-state index contributed by atoms with van der Waals surface area (Å²) in [5, 5.41) is 14.0. The third-order valence-electron chi connectivity index (χ3n) is 5.29. The van der Waals surface area contributed by atoms with Crippen molar-refractivity contribution in [3.63, 3.8) is 0 Å². The highest BCUT2D eigenvalue weighted by atomic mass is 16.5. The second-order valence-electron chi connectivity index (χ2n) is 6.90. The predicted molar refractivity (Wildman–Crippen MR) is 91.3 cm³/mol. The Morgan fingerprint density at radius 2 is 1.92 bits per heavy atom. The second kappa shape index (κ2) is 6.09. The van der Waals surface area contributed by atoms with Gasteiger partial charge in [-0.15, -0.1) is 0 Å². The number of nitrogens with zero attached hydrogens (tertiary/aromatic N) is 2. The number of carbonyl (C=O) groups excluding carboxylic acids is 2. The van der Waals surface area contributed by atoms with Crippen LogP contribution in [-0.4, -0.2) is 40.2 Å². The minimum atomic E-state index is -1.06. The van der Waals surface area contributed by atoms with Gasteiger partial charge in [0.1, 0.15) is 5.75 Å². The van der Waals surface area contributed by atoms with Crippen LogP contribution in [-0.2, 0) is 14.4 Å². The zero-order valence-electron chi connectivity index (χ0n) is 14.1. The molecule has 2 aliphatic carbocycles. The quantitative estimate of drug-likeness (QED) is 0.493. The van der Waals surface area contributed by atoms with Crippen molar-refractivity contribution in [2.45, 2.75) is 19.4 Å². The molecule has 1 N–H and O–H groups in total. The molecule has 1 aliphatic heterocycles. The molecular formula is C19H18N2O5. The summed E-state index contributed by atoms with van der Waals surface area (Å²) >= 11 is 0. The monoisotopic (exact) mass is 354 g/mol. The van der Waals surface area contributed by atoms with Crippen LogP contribution >= 0.6 is 0 Å². The van der Waals surface area contributed by atoms with Crippen LogP contribution in [0.5, 0.6) is 5.75 Å². The van der Waals surface area contributed by atoms with Crippen molar-refractivity contribution in [1.82, 2.24) is 5.01 Å². The highest BCUT2D eigenvalue weighted by Gasteiger charge is 2.59. The van der Waals surface area contributed by atoms with Crippen LogP contribution in [0, 0.1) is 23.7 Å². The van der Waals surface area contributed by atoms with Crippen LogP contribution in [0.4, 0.5) is 0 Å². The third-order valence-corrected chi connectivity index (χ3v) is 5.29. The smallest absolute Gasteiger partial charge is 0.344 e. The van der Waals surface area contributed by atoms with Gasteiger partial charge in [-0.25, -0.2) is 4.79 Å². The largest absolute Gasteiger partial charge is 0.479 e. The lowest BCUT2D eigenvalue weighted by atomic mass is 9.85. The minimum Gasteiger partial charge on any atom is -0.479 e. The maximum Gasteiger partial charge on any atom is 0.344 e. The Balaban J connectivity index is 1.50. The Morgan fingerprint density at radius 1 is 1.27 bits per heavy atom. The molecule has 2 bridgehead atoms. The maximum atomic E-state index is 12.6. The van der Waals surface area contributed by atoms with Crippen LogP contribution in [0.2, 0.25) is 0 Å². The van der Waals surface area contributed by atoms with Crippen LogP contribution < -0.4 is 4.74 Å². The van der Waals surface area contributed by atoms with E-state index < -0.39 is 12.1 Å². The number of carboxylic acid groups (broad SMARTS) is 1. The summed E-state index contributed by atoms with van der Waals surface area (Å²) < 4.78 is 5.31.